The SMILES string of the molecule is OC(Cc1ccccc1)Oc1ccccc1Cl. The third kappa shape index (κ3) is 3.48. The molecule has 0 heterocycles. The first-order valence-corrected chi connectivity index (χ1v) is 5.76. The number of aliphatic hydroxyl groups is 1. The second-order valence-corrected chi connectivity index (χ2v) is 4.10. The van der Waals surface area contributed by atoms with Gasteiger partial charge in [-0.05, 0) is 17.7 Å². The molecule has 88 valence electrons. The molecule has 2 nitrogen and oxygen atoms in total. The third-order valence-corrected chi connectivity index (χ3v) is 2.67. The molecule has 2 aromatic rings. The molecule has 0 saturated carbocycles. The van der Waals surface area contributed by atoms with Crippen LogP contribution in [0.2, 0.25) is 5.02 Å². The van der Waals surface area contributed by atoms with Crippen LogP contribution in [-0.4, -0.2) is 11.4 Å². The highest BCUT2D eigenvalue weighted by Gasteiger charge is 2.09. The fourth-order valence-electron chi connectivity index (χ4n) is 1.54. The lowest BCUT2D eigenvalue weighted by Gasteiger charge is -2.14. The zero-order valence-corrected chi connectivity index (χ0v) is 9.97. The van der Waals surface area contributed by atoms with Gasteiger partial charge in [0, 0.05) is 6.42 Å². The molecule has 0 bridgehead atoms. The van der Waals surface area contributed by atoms with Gasteiger partial charge in [0.2, 0.25) is 6.29 Å². The molecule has 0 spiro atoms. The van der Waals surface area contributed by atoms with Crippen molar-refractivity contribution in [2.24, 2.45) is 0 Å². The maximum atomic E-state index is 9.80. The van der Waals surface area contributed by atoms with Crippen molar-refractivity contribution in [3.05, 3.63) is 65.2 Å². The van der Waals surface area contributed by atoms with Gasteiger partial charge in [-0.15, -0.1) is 0 Å². The van der Waals surface area contributed by atoms with Gasteiger partial charge in [-0.3, -0.25) is 0 Å². The second-order valence-electron chi connectivity index (χ2n) is 3.69. The van der Waals surface area contributed by atoms with Crippen LogP contribution in [0.1, 0.15) is 5.56 Å². The molecule has 0 aliphatic heterocycles. The summed E-state index contributed by atoms with van der Waals surface area (Å²) < 4.78 is 5.37. The lowest BCUT2D eigenvalue weighted by molar-refractivity contribution is -0.0157. The molecule has 0 aromatic heterocycles. The molecule has 0 radical (unpaired) electrons. The van der Waals surface area contributed by atoms with Gasteiger partial charge in [0.15, 0.2) is 0 Å². The Bertz CT molecular complexity index is 471. The summed E-state index contributed by atoms with van der Waals surface area (Å²) in [7, 11) is 0. The average Bonchev–Trinajstić information content (AvgIpc) is 2.33. The van der Waals surface area contributed by atoms with Crippen molar-refractivity contribution in [3.63, 3.8) is 0 Å². The molecule has 0 aliphatic carbocycles. The molecule has 0 amide bonds. The molecular formula is C14H13ClO2. The maximum absolute atomic E-state index is 9.80. The van der Waals surface area contributed by atoms with E-state index < -0.39 is 6.29 Å². The van der Waals surface area contributed by atoms with Crippen molar-refractivity contribution in [1.29, 1.82) is 0 Å². The van der Waals surface area contributed by atoms with Gasteiger partial charge in [-0.2, -0.15) is 0 Å². The summed E-state index contributed by atoms with van der Waals surface area (Å²) in [5, 5.41) is 10.3. The molecular weight excluding hydrogens is 236 g/mol. The number of benzene rings is 2. The van der Waals surface area contributed by atoms with Crippen LogP contribution in [0.5, 0.6) is 5.75 Å². The van der Waals surface area contributed by atoms with E-state index in [4.69, 9.17) is 16.3 Å². The first-order chi connectivity index (χ1) is 8.25. The zero-order valence-electron chi connectivity index (χ0n) is 9.21. The Hall–Kier alpha value is -1.51. The molecule has 2 aromatic carbocycles. The quantitative estimate of drug-likeness (QED) is 0.842. The summed E-state index contributed by atoms with van der Waals surface area (Å²) in [5.74, 6) is 0.498. The lowest BCUT2D eigenvalue weighted by Crippen LogP contribution is -2.18. The summed E-state index contributed by atoms with van der Waals surface area (Å²) in [6, 6.07) is 16.8. The molecule has 1 unspecified atom stereocenters. The number of rotatable bonds is 4. The van der Waals surface area contributed by atoms with E-state index in [1.807, 2.05) is 42.5 Å². The summed E-state index contributed by atoms with van der Waals surface area (Å²) in [6.07, 6.45) is -0.455. The van der Waals surface area contributed by atoms with Gasteiger partial charge < -0.3 is 9.84 Å². The van der Waals surface area contributed by atoms with E-state index in [0.29, 0.717) is 17.2 Å². The van der Waals surface area contributed by atoms with Crippen LogP contribution in [0.15, 0.2) is 54.6 Å². The standard InChI is InChI=1S/C14H13ClO2/c15-12-8-4-5-9-13(12)17-14(16)10-11-6-2-1-3-7-11/h1-9,14,16H,10H2. The predicted octanol–water partition coefficient (Wildman–Crippen LogP) is 3.28. The van der Waals surface area contributed by atoms with E-state index in [0.717, 1.165) is 5.56 Å². The molecule has 2 rings (SSSR count). The summed E-state index contributed by atoms with van der Waals surface area (Å²) >= 11 is 5.94. The van der Waals surface area contributed by atoms with E-state index in [1.165, 1.54) is 0 Å². The van der Waals surface area contributed by atoms with Crippen LogP contribution in [0.4, 0.5) is 0 Å². The summed E-state index contributed by atoms with van der Waals surface area (Å²) in [5.41, 5.74) is 1.02. The smallest absolute Gasteiger partial charge is 0.201 e. The minimum absolute atomic E-state index is 0.437. The highest BCUT2D eigenvalue weighted by Crippen LogP contribution is 2.24. The number of ether oxygens (including phenoxy) is 1. The molecule has 1 N–H and O–H groups in total. The molecule has 0 aliphatic rings. The number of hydrogen-bond donors (Lipinski definition) is 1. The van der Waals surface area contributed by atoms with Crippen LogP contribution in [0, 0.1) is 0 Å². The summed E-state index contributed by atoms with van der Waals surface area (Å²) in [4.78, 5) is 0. The van der Waals surface area contributed by atoms with Crippen molar-refractivity contribution in [3.8, 4) is 5.75 Å². The Labute approximate surface area is 105 Å². The maximum Gasteiger partial charge on any atom is 0.201 e. The Morgan fingerprint density at radius 3 is 2.35 bits per heavy atom. The van der Waals surface area contributed by atoms with Crippen molar-refractivity contribution >= 4 is 11.6 Å². The summed E-state index contributed by atoms with van der Waals surface area (Å²) in [6.45, 7) is 0. The molecule has 0 saturated heterocycles. The Kier molecular flexibility index (Phi) is 4.02. The van der Waals surface area contributed by atoms with Crippen molar-refractivity contribution < 1.29 is 9.84 Å². The number of aliphatic hydroxyl groups excluding tert-OH is 1. The van der Waals surface area contributed by atoms with Crippen molar-refractivity contribution in [2.45, 2.75) is 12.7 Å². The minimum atomic E-state index is -0.891. The number of para-hydroxylation sites is 1. The first-order valence-electron chi connectivity index (χ1n) is 5.39. The van der Waals surface area contributed by atoms with Gasteiger partial charge >= 0.3 is 0 Å². The van der Waals surface area contributed by atoms with E-state index in [1.54, 1.807) is 12.1 Å². The second kappa shape index (κ2) is 5.71. The zero-order chi connectivity index (χ0) is 12.1. The topological polar surface area (TPSA) is 29.5 Å². The Morgan fingerprint density at radius 2 is 1.65 bits per heavy atom. The van der Waals surface area contributed by atoms with Crippen LogP contribution >= 0.6 is 11.6 Å². The molecule has 17 heavy (non-hydrogen) atoms. The van der Waals surface area contributed by atoms with E-state index in [2.05, 4.69) is 0 Å². The van der Waals surface area contributed by atoms with E-state index in [9.17, 15) is 5.11 Å². The highest BCUT2D eigenvalue weighted by atomic mass is 35.5. The highest BCUT2D eigenvalue weighted by molar-refractivity contribution is 6.32. The molecule has 3 heteroatoms. The number of hydrogen-bond acceptors (Lipinski definition) is 2. The number of halogens is 1. The Morgan fingerprint density at radius 1 is 1.00 bits per heavy atom. The molecule has 0 fully saturated rings. The average molecular weight is 249 g/mol. The van der Waals surface area contributed by atoms with Crippen LogP contribution in [0.25, 0.3) is 0 Å². The van der Waals surface area contributed by atoms with Crippen molar-refractivity contribution in [1.82, 2.24) is 0 Å². The molecule has 1 atom stereocenters. The van der Waals surface area contributed by atoms with Crippen LogP contribution < -0.4 is 4.74 Å². The monoisotopic (exact) mass is 248 g/mol. The van der Waals surface area contributed by atoms with E-state index in [-0.39, 0.29) is 0 Å². The van der Waals surface area contributed by atoms with Gasteiger partial charge in [-0.25, -0.2) is 0 Å². The lowest BCUT2D eigenvalue weighted by atomic mass is 10.1. The van der Waals surface area contributed by atoms with E-state index >= 15 is 0 Å². The van der Waals surface area contributed by atoms with Gasteiger partial charge in [0.25, 0.3) is 0 Å². The van der Waals surface area contributed by atoms with Crippen molar-refractivity contribution in [2.75, 3.05) is 0 Å². The Balaban J connectivity index is 1.98. The van der Waals surface area contributed by atoms with Crippen LogP contribution in [0.3, 0.4) is 0 Å². The van der Waals surface area contributed by atoms with Gasteiger partial charge in [-0.1, -0.05) is 54.1 Å². The largest absolute Gasteiger partial charge is 0.463 e. The normalized spacial score (nSPS) is 12.1. The predicted molar refractivity (Wildman–Crippen MR) is 68.2 cm³/mol. The van der Waals surface area contributed by atoms with Crippen LogP contribution in [-0.2, 0) is 6.42 Å². The van der Waals surface area contributed by atoms with Gasteiger partial charge in [0.05, 0.1) is 5.02 Å². The first kappa shape index (κ1) is 12.0. The fourth-order valence-corrected chi connectivity index (χ4v) is 1.72. The fraction of sp³-hybridized carbons (Fsp3) is 0.143. The minimum Gasteiger partial charge on any atom is -0.463 e. The third-order valence-electron chi connectivity index (χ3n) is 2.35. The van der Waals surface area contributed by atoms with Gasteiger partial charge in [0.1, 0.15) is 5.75 Å².